The van der Waals surface area contributed by atoms with Crippen LogP contribution in [0.15, 0.2) is 18.2 Å². The zero-order chi connectivity index (χ0) is 11.7. The highest BCUT2D eigenvalue weighted by Gasteiger charge is 2.27. The third kappa shape index (κ3) is 1.94. The summed E-state index contributed by atoms with van der Waals surface area (Å²) in [6, 6.07) is 8.03. The molecule has 0 radical (unpaired) electrons. The van der Waals surface area contributed by atoms with E-state index in [1.54, 1.807) is 0 Å². The predicted octanol–water partition coefficient (Wildman–Crippen LogP) is 2.35. The van der Waals surface area contributed by atoms with Crippen LogP contribution < -0.4 is 10.6 Å². The summed E-state index contributed by atoms with van der Waals surface area (Å²) >= 11 is 0. The van der Waals surface area contributed by atoms with Crippen LogP contribution in [0.3, 0.4) is 0 Å². The van der Waals surface area contributed by atoms with Crippen molar-refractivity contribution in [2.24, 2.45) is 5.73 Å². The number of nitrogens with two attached hydrogens (primary N) is 1. The van der Waals surface area contributed by atoms with Gasteiger partial charge in [0.05, 0.1) is 0 Å². The zero-order valence-corrected chi connectivity index (χ0v) is 10.5. The van der Waals surface area contributed by atoms with E-state index in [1.165, 1.54) is 23.2 Å². The van der Waals surface area contributed by atoms with Crippen molar-refractivity contribution in [2.45, 2.75) is 45.7 Å². The number of benzene rings is 1. The van der Waals surface area contributed by atoms with Crippen molar-refractivity contribution in [2.75, 3.05) is 11.4 Å². The second kappa shape index (κ2) is 4.46. The maximum atomic E-state index is 5.60. The molecule has 88 valence electrons. The van der Waals surface area contributed by atoms with Crippen LogP contribution in [-0.4, -0.2) is 18.6 Å². The summed E-state index contributed by atoms with van der Waals surface area (Å²) in [5.41, 5.74) is 9.88. The molecule has 0 saturated carbocycles. The number of anilines is 1. The van der Waals surface area contributed by atoms with Crippen LogP contribution in [0.2, 0.25) is 0 Å². The second-order valence-electron chi connectivity index (χ2n) is 5.06. The van der Waals surface area contributed by atoms with Gasteiger partial charge in [-0.3, -0.25) is 0 Å². The normalized spacial score (nSPS) is 19.3. The lowest BCUT2D eigenvalue weighted by Crippen LogP contribution is -2.35. The van der Waals surface area contributed by atoms with Crippen LogP contribution in [0.25, 0.3) is 0 Å². The quantitative estimate of drug-likeness (QED) is 0.844. The van der Waals surface area contributed by atoms with Crippen molar-refractivity contribution < 1.29 is 0 Å². The van der Waals surface area contributed by atoms with Gasteiger partial charge in [0.25, 0.3) is 0 Å². The molecule has 0 fully saturated rings. The summed E-state index contributed by atoms with van der Waals surface area (Å²) in [5, 5.41) is 0. The first kappa shape index (κ1) is 11.5. The Morgan fingerprint density at radius 1 is 1.44 bits per heavy atom. The fraction of sp³-hybridized carbons (Fsp3) is 0.571. The van der Waals surface area contributed by atoms with Gasteiger partial charge < -0.3 is 10.6 Å². The molecule has 1 aliphatic rings. The number of rotatable bonds is 3. The molecule has 2 nitrogen and oxygen atoms in total. The Morgan fingerprint density at radius 2 is 2.19 bits per heavy atom. The molecule has 0 bridgehead atoms. The van der Waals surface area contributed by atoms with E-state index in [-0.39, 0.29) is 0 Å². The highest BCUT2D eigenvalue weighted by atomic mass is 15.2. The SMILES string of the molecule is CC(C)N1c2ccc(CCN)cc2CC1C. The third-order valence-corrected chi connectivity index (χ3v) is 3.40. The summed E-state index contributed by atoms with van der Waals surface area (Å²) in [5.74, 6) is 0. The summed E-state index contributed by atoms with van der Waals surface area (Å²) in [6.07, 6.45) is 2.16. The Labute approximate surface area is 98.4 Å². The minimum Gasteiger partial charge on any atom is -0.366 e. The first-order valence-electron chi connectivity index (χ1n) is 6.23. The molecule has 1 aromatic rings. The van der Waals surface area contributed by atoms with Crippen LogP contribution in [0.1, 0.15) is 31.9 Å². The van der Waals surface area contributed by atoms with Gasteiger partial charge >= 0.3 is 0 Å². The Bertz CT molecular complexity index is 371. The lowest BCUT2D eigenvalue weighted by Gasteiger charge is -2.29. The van der Waals surface area contributed by atoms with Gasteiger partial charge in [-0.2, -0.15) is 0 Å². The molecule has 1 aliphatic heterocycles. The third-order valence-electron chi connectivity index (χ3n) is 3.40. The molecule has 2 N–H and O–H groups in total. The van der Waals surface area contributed by atoms with Gasteiger partial charge in [0.2, 0.25) is 0 Å². The van der Waals surface area contributed by atoms with Gasteiger partial charge in [-0.25, -0.2) is 0 Å². The Morgan fingerprint density at radius 3 is 2.81 bits per heavy atom. The number of fused-ring (bicyclic) bond motifs is 1. The van der Waals surface area contributed by atoms with Crippen molar-refractivity contribution in [3.8, 4) is 0 Å². The molecule has 1 heterocycles. The van der Waals surface area contributed by atoms with E-state index in [0.29, 0.717) is 12.1 Å². The van der Waals surface area contributed by atoms with Gasteiger partial charge in [-0.1, -0.05) is 12.1 Å². The first-order chi connectivity index (χ1) is 7.63. The van der Waals surface area contributed by atoms with E-state index in [4.69, 9.17) is 5.73 Å². The topological polar surface area (TPSA) is 29.3 Å². The second-order valence-corrected chi connectivity index (χ2v) is 5.06. The molecule has 1 atom stereocenters. The average molecular weight is 218 g/mol. The molecule has 0 spiro atoms. The molecule has 1 aromatic carbocycles. The molecule has 0 aliphatic carbocycles. The molecule has 1 unspecified atom stereocenters. The average Bonchev–Trinajstić information content (AvgIpc) is 2.53. The summed E-state index contributed by atoms with van der Waals surface area (Å²) < 4.78 is 0. The predicted molar refractivity (Wildman–Crippen MR) is 70.0 cm³/mol. The first-order valence-corrected chi connectivity index (χ1v) is 6.23. The van der Waals surface area contributed by atoms with Crippen molar-refractivity contribution in [3.63, 3.8) is 0 Å². The summed E-state index contributed by atoms with van der Waals surface area (Å²) in [7, 11) is 0. The summed E-state index contributed by atoms with van der Waals surface area (Å²) in [4.78, 5) is 2.52. The molecular weight excluding hydrogens is 196 g/mol. The van der Waals surface area contributed by atoms with Crippen LogP contribution in [0.4, 0.5) is 5.69 Å². The van der Waals surface area contributed by atoms with Gasteiger partial charge in [0.15, 0.2) is 0 Å². The minimum absolute atomic E-state index is 0.580. The van der Waals surface area contributed by atoms with Crippen LogP contribution >= 0.6 is 0 Å². The van der Waals surface area contributed by atoms with Gasteiger partial charge in [0, 0.05) is 17.8 Å². The Balaban J connectivity index is 2.31. The number of nitrogens with zero attached hydrogens (tertiary/aromatic N) is 1. The Hall–Kier alpha value is -1.02. The molecule has 16 heavy (non-hydrogen) atoms. The Kier molecular flexibility index (Phi) is 3.20. The van der Waals surface area contributed by atoms with Crippen molar-refractivity contribution in [1.82, 2.24) is 0 Å². The van der Waals surface area contributed by atoms with Crippen molar-refractivity contribution >= 4 is 5.69 Å². The van der Waals surface area contributed by atoms with E-state index in [9.17, 15) is 0 Å². The number of hydrogen-bond donors (Lipinski definition) is 1. The van der Waals surface area contributed by atoms with Crippen LogP contribution in [0, 0.1) is 0 Å². The lowest BCUT2D eigenvalue weighted by molar-refractivity contribution is 0.606. The van der Waals surface area contributed by atoms with E-state index >= 15 is 0 Å². The monoisotopic (exact) mass is 218 g/mol. The van der Waals surface area contributed by atoms with Crippen molar-refractivity contribution in [1.29, 1.82) is 0 Å². The maximum Gasteiger partial charge on any atom is 0.0404 e. The van der Waals surface area contributed by atoms with Crippen LogP contribution in [0.5, 0.6) is 0 Å². The number of hydrogen-bond acceptors (Lipinski definition) is 2. The van der Waals surface area contributed by atoms with Crippen molar-refractivity contribution in [3.05, 3.63) is 29.3 Å². The van der Waals surface area contributed by atoms with Crippen LogP contribution in [-0.2, 0) is 12.8 Å². The minimum atomic E-state index is 0.580. The largest absolute Gasteiger partial charge is 0.366 e. The van der Waals surface area contributed by atoms with E-state index in [2.05, 4.69) is 43.9 Å². The highest BCUT2D eigenvalue weighted by Crippen LogP contribution is 2.34. The molecule has 0 saturated heterocycles. The summed E-state index contributed by atoms with van der Waals surface area (Å²) in [6.45, 7) is 7.57. The van der Waals surface area contributed by atoms with E-state index in [0.717, 1.165) is 13.0 Å². The fourth-order valence-corrected chi connectivity index (χ4v) is 2.82. The smallest absolute Gasteiger partial charge is 0.0404 e. The molecule has 0 aromatic heterocycles. The standard InChI is InChI=1S/C14H22N2/c1-10(2)16-11(3)8-13-9-12(6-7-15)4-5-14(13)16/h4-5,9-11H,6-8,15H2,1-3H3. The fourth-order valence-electron chi connectivity index (χ4n) is 2.82. The van der Waals surface area contributed by atoms with Gasteiger partial charge in [-0.05, 0) is 57.4 Å². The molecule has 0 amide bonds. The molecular formula is C14H22N2. The van der Waals surface area contributed by atoms with Gasteiger partial charge in [0.1, 0.15) is 0 Å². The van der Waals surface area contributed by atoms with E-state index < -0.39 is 0 Å². The molecule has 2 heteroatoms. The highest BCUT2D eigenvalue weighted by molar-refractivity contribution is 5.61. The molecule has 2 rings (SSSR count). The lowest BCUT2D eigenvalue weighted by atomic mass is 10.1. The van der Waals surface area contributed by atoms with E-state index in [1.807, 2.05) is 0 Å². The van der Waals surface area contributed by atoms with Gasteiger partial charge in [-0.15, -0.1) is 0 Å². The zero-order valence-electron chi connectivity index (χ0n) is 10.5. The maximum absolute atomic E-state index is 5.60.